The number of aromatic nitrogens is 1. The van der Waals surface area contributed by atoms with Gasteiger partial charge in [0.2, 0.25) is 0 Å². The number of benzene rings is 1. The third kappa shape index (κ3) is 2.36. The third-order valence-electron chi connectivity index (χ3n) is 4.34. The van der Waals surface area contributed by atoms with Gasteiger partial charge in [-0.05, 0) is 30.4 Å². The van der Waals surface area contributed by atoms with Crippen molar-refractivity contribution in [3.05, 3.63) is 35.5 Å². The van der Waals surface area contributed by atoms with Crippen molar-refractivity contribution in [2.45, 2.75) is 33.2 Å². The van der Waals surface area contributed by atoms with Crippen LogP contribution in [0.2, 0.25) is 0 Å². The zero-order chi connectivity index (χ0) is 15.9. The first kappa shape index (κ1) is 14.6. The number of urea groups is 1. The van der Waals surface area contributed by atoms with Gasteiger partial charge in [-0.25, -0.2) is 4.79 Å². The van der Waals surface area contributed by atoms with Gasteiger partial charge in [0, 0.05) is 23.6 Å². The molecule has 2 aromatic rings. The molecule has 1 fully saturated rings. The SMILES string of the molecule is Cc1cccc2c(CCN3C(=O)N[C@@H](C(C)C)C3=O)c[nH]c12. The highest BCUT2D eigenvalue weighted by Crippen LogP contribution is 2.22. The van der Waals surface area contributed by atoms with E-state index in [0.717, 1.165) is 16.5 Å². The number of rotatable bonds is 4. The molecule has 1 saturated heterocycles. The van der Waals surface area contributed by atoms with Gasteiger partial charge >= 0.3 is 6.03 Å². The molecule has 3 rings (SSSR count). The van der Waals surface area contributed by atoms with Crippen LogP contribution in [0, 0.1) is 12.8 Å². The summed E-state index contributed by atoms with van der Waals surface area (Å²) in [5.74, 6) is -0.00629. The largest absolute Gasteiger partial charge is 0.361 e. The summed E-state index contributed by atoms with van der Waals surface area (Å²) in [6, 6.07) is 5.49. The van der Waals surface area contributed by atoms with Crippen molar-refractivity contribution in [2.75, 3.05) is 6.54 Å². The van der Waals surface area contributed by atoms with E-state index >= 15 is 0 Å². The van der Waals surface area contributed by atoms with Crippen molar-refractivity contribution >= 4 is 22.8 Å². The predicted molar refractivity (Wildman–Crippen MR) is 85.6 cm³/mol. The number of para-hydroxylation sites is 1. The summed E-state index contributed by atoms with van der Waals surface area (Å²) < 4.78 is 0. The first-order chi connectivity index (χ1) is 10.5. The second kappa shape index (κ2) is 5.48. The maximum Gasteiger partial charge on any atom is 0.324 e. The van der Waals surface area contributed by atoms with Crippen LogP contribution in [0.25, 0.3) is 10.9 Å². The molecule has 0 unspecified atom stereocenters. The number of H-pyrrole nitrogens is 1. The number of aromatic amines is 1. The Bertz CT molecular complexity index is 733. The molecule has 1 aromatic heterocycles. The Hall–Kier alpha value is -2.30. The van der Waals surface area contributed by atoms with Crippen LogP contribution in [0.15, 0.2) is 24.4 Å². The number of fused-ring (bicyclic) bond motifs is 1. The molecule has 1 aromatic carbocycles. The van der Waals surface area contributed by atoms with Crippen LogP contribution < -0.4 is 5.32 Å². The van der Waals surface area contributed by atoms with Gasteiger partial charge in [0.25, 0.3) is 5.91 Å². The first-order valence-corrected chi connectivity index (χ1v) is 7.66. The molecule has 116 valence electrons. The van der Waals surface area contributed by atoms with Crippen molar-refractivity contribution in [3.63, 3.8) is 0 Å². The minimum Gasteiger partial charge on any atom is -0.361 e. The van der Waals surface area contributed by atoms with Gasteiger partial charge in [-0.3, -0.25) is 9.69 Å². The van der Waals surface area contributed by atoms with Crippen LogP contribution in [-0.2, 0) is 11.2 Å². The topological polar surface area (TPSA) is 65.2 Å². The van der Waals surface area contributed by atoms with Crippen LogP contribution >= 0.6 is 0 Å². The molecular formula is C17H21N3O2. The average Bonchev–Trinajstić information content (AvgIpc) is 3.00. The standard InChI is InChI=1S/C17H21N3O2/c1-10(2)14-16(21)20(17(22)19-14)8-7-12-9-18-15-11(3)5-4-6-13(12)15/h4-6,9-10,14,18H,7-8H2,1-3H3,(H,19,22)/t14-/m0/s1. The Kier molecular flexibility index (Phi) is 3.64. The van der Waals surface area contributed by atoms with E-state index in [1.807, 2.05) is 26.1 Å². The lowest BCUT2D eigenvalue weighted by atomic mass is 10.0. The van der Waals surface area contributed by atoms with E-state index in [-0.39, 0.29) is 17.9 Å². The number of aryl methyl sites for hydroxylation is 1. The summed E-state index contributed by atoms with van der Waals surface area (Å²) in [5, 5.41) is 3.92. The van der Waals surface area contributed by atoms with Gasteiger partial charge in [-0.15, -0.1) is 0 Å². The molecule has 0 spiro atoms. The number of hydrogen-bond donors (Lipinski definition) is 2. The fraction of sp³-hybridized carbons (Fsp3) is 0.412. The second-order valence-electron chi connectivity index (χ2n) is 6.22. The molecule has 1 atom stereocenters. The number of nitrogens with one attached hydrogen (secondary N) is 2. The summed E-state index contributed by atoms with van der Waals surface area (Å²) in [6.07, 6.45) is 2.63. The number of amides is 3. The number of carbonyl (C=O) groups excluding carboxylic acids is 2. The van der Waals surface area contributed by atoms with Crippen molar-refractivity contribution in [2.24, 2.45) is 5.92 Å². The molecule has 0 bridgehead atoms. The molecule has 2 N–H and O–H groups in total. The normalized spacial score (nSPS) is 18.5. The summed E-state index contributed by atoms with van der Waals surface area (Å²) in [5.41, 5.74) is 3.45. The number of nitrogens with zero attached hydrogens (tertiary/aromatic N) is 1. The van der Waals surface area contributed by atoms with Gasteiger partial charge < -0.3 is 10.3 Å². The van der Waals surface area contributed by atoms with E-state index in [1.54, 1.807) is 0 Å². The molecule has 1 aliphatic heterocycles. The van der Waals surface area contributed by atoms with Gasteiger partial charge in [-0.2, -0.15) is 0 Å². The zero-order valence-corrected chi connectivity index (χ0v) is 13.1. The smallest absolute Gasteiger partial charge is 0.324 e. The van der Waals surface area contributed by atoms with Crippen LogP contribution in [0.1, 0.15) is 25.0 Å². The lowest BCUT2D eigenvalue weighted by Gasteiger charge is -2.14. The Morgan fingerprint density at radius 1 is 1.27 bits per heavy atom. The van der Waals surface area contributed by atoms with Crippen molar-refractivity contribution < 1.29 is 9.59 Å². The Morgan fingerprint density at radius 3 is 2.73 bits per heavy atom. The molecule has 0 aliphatic carbocycles. The summed E-state index contributed by atoms with van der Waals surface area (Å²) in [6.45, 7) is 6.35. The monoisotopic (exact) mass is 299 g/mol. The van der Waals surface area contributed by atoms with Crippen molar-refractivity contribution in [1.82, 2.24) is 15.2 Å². The number of hydrogen-bond acceptors (Lipinski definition) is 2. The van der Waals surface area contributed by atoms with E-state index < -0.39 is 6.04 Å². The summed E-state index contributed by atoms with van der Waals surface area (Å²) in [7, 11) is 0. The highest BCUT2D eigenvalue weighted by molar-refractivity contribution is 6.04. The van der Waals surface area contributed by atoms with E-state index in [2.05, 4.69) is 29.4 Å². The molecule has 1 aliphatic rings. The van der Waals surface area contributed by atoms with Crippen LogP contribution in [0.5, 0.6) is 0 Å². The maximum atomic E-state index is 12.3. The number of carbonyl (C=O) groups is 2. The molecule has 2 heterocycles. The maximum absolute atomic E-state index is 12.3. The Morgan fingerprint density at radius 2 is 2.05 bits per heavy atom. The molecule has 22 heavy (non-hydrogen) atoms. The van der Waals surface area contributed by atoms with Crippen LogP contribution in [0.3, 0.4) is 0 Å². The quantitative estimate of drug-likeness (QED) is 0.852. The highest BCUT2D eigenvalue weighted by Gasteiger charge is 2.39. The molecule has 5 nitrogen and oxygen atoms in total. The van der Waals surface area contributed by atoms with Gasteiger partial charge in [-0.1, -0.05) is 32.0 Å². The average molecular weight is 299 g/mol. The van der Waals surface area contributed by atoms with E-state index in [0.29, 0.717) is 13.0 Å². The third-order valence-corrected chi connectivity index (χ3v) is 4.34. The summed E-state index contributed by atoms with van der Waals surface area (Å²) >= 11 is 0. The van der Waals surface area contributed by atoms with E-state index in [9.17, 15) is 9.59 Å². The minimum absolute atomic E-state index is 0.109. The second-order valence-corrected chi connectivity index (χ2v) is 6.22. The Balaban J connectivity index is 1.76. The molecular weight excluding hydrogens is 278 g/mol. The van der Waals surface area contributed by atoms with Crippen LogP contribution in [0.4, 0.5) is 4.79 Å². The van der Waals surface area contributed by atoms with Gasteiger partial charge in [0.1, 0.15) is 6.04 Å². The number of imide groups is 1. The fourth-order valence-electron chi connectivity index (χ4n) is 3.01. The minimum atomic E-state index is -0.391. The molecule has 0 saturated carbocycles. The highest BCUT2D eigenvalue weighted by atomic mass is 16.2. The van der Waals surface area contributed by atoms with Gasteiger partial charge in [0.15, 0.2) is 0 Å². The fourth-order valence-corrected chi connectivity index (χ4v) is 3.01. The van der Waals surface area contributed by atoms with E-state index in [4.69, 9.17) is 0 Å². The van der Waals surface area contributed by atoms with Gasteiger partial charge in [0.05, 0.1) is 0 Å². The predicted octanol–water partition coefficient (Wildman–Crippen LogP) is 2.60. The lowest BCUT2D eigenvalue weighted by molar-refractivity contribution is -0.128. The molecule has 0 radical (unpaired) electrons. The zero-order valence-electron chi connectivity index (χ0n) is 13.1. The Labute approximate surface area is 129 Å². The molecule has 3 amide bonds. The summed E-state index contributed by atoms with van der Waals surface area (Å²) in [4.78, 5) is 28.8. The first-order valence-electron chi connectivity index (χ1n) is 7.66. The lowest BCUT2D eigenvalue weighted by Crippen LogP contribution is -2.35. The van der Waals surface area contributed by atoms with Crippen LogP contribution in [-0.4, -0.2) is 34.4 Å². The molecule has 5 heteroatoms. The van der Waals surface area contributed by atoms with E-state index in [1.165, 1.54) is 10.5 Å². The van der Waals surface area contributed by atoms with Crippen molar-refractivity contribution in [1.29, 1.82) is 0 Å². The van der Waals surface area contributed by atoms with Crippen molar-refractivity contribution in [3.8, 4) is 0 Å².